The number of ether oxygens (including phenoxy) is 1. The molecule has 3 N–H and O–H groups in total. The van der Waals surface area contributed by atoms with Crippen LogP contribution >= 0.6 is 11.6 Å². The fourth-order valence-corrected chi connectivity index (χ4v) is 2.26. The number of halogens is 1. The molecule has 2 aromatic rings. The number of aromatic nitrogens is 1. The molecule has 0 atom stereocenters. The van der Waals surface area contributed by atoms with Gasteiger partial charge in [0.1, 0.15) is 11.6 Å². The van der Waals surface area contributed by atoms with Gasteiger partial charge in [-0.2, -0.15) is 0 Å². The van der Waals surface area contributed by atoms with Crippen molar-refractivity contribution in [2.24, 2.45) is 5.73 Å². The predicted octanol–water partition coefficient (Wildman–Crippen LogP) is 2.89. The summed E-state index contributed by atoms with van der Waals surface area (Å²) < 4.78 is 5.58. The van der Waals surface area contributed by atoms with E-state index in [1.165, 1.54) is 12.3 Å². The lowest BCUT2D eigenvalue weighted by atomic mass is 10.1. The Morgan fingerprint density at radius 3 is 2.86 bits per heavy atom. The third-order valence-electron chi connectivity index (χ3n) is 3.08. The van der Waals surface area contributed by atoms with Crippen molar-refractivity contribution in [3.63, 3.8) is 0 Å². The molecule has 0 bridgehead atoms. The molecule has 0 radical (unpaired) electrons. The SMILES string of the molecule is CCOc1ccccc1CCNc1ncc(C(N)=O)cc1Cl. The van der Waals surface area contributed by atoms with Crippen molar-refractivity contribution < 1.29 is 9.53 Å². The molecule has 0 fully saturated rings. The first-order valence-corrected chi connectivity index (χ1v) is 7.39. The molecule has 0 saturated heterocycles. The number of rotatable bonds is 7. The Balaban J connectivity index is 1.98. The molecular formula is C16H18ClN3O2. The van der Waals surface area contributed by atoms with E-state index in [0.29, 0.717) is 24.0 Å². The van der Waals surface area contributed by atoms with E-state index in [0.717, 1.165) is 17.7 Å². The molecule has 1 amide bonds. The van der Waals surface area contributed by atoms with Crippen LogP contribution in [0.3, 0.4) is 0 Å². The maximum atomic E-state index is 11.1. The maximum Gasteiger partial charge on any atom is 0.250 e. The zero-order valence-electron chi connectivity index (χ0n) is 12.3. The molecular weight excluding hydrogens is 302 g/mol. The summed E-state index contributed by atoms with van der Waals surface area (Å²) in [6.07, 6.45) is 2.18. The van der Waals surface area contributed by atoms with Crippen molar-refractivity contribution >= 4 is 23.3 Å². The Morgan fingerprint density at radius 1 is 1.41 bits per heavy atom. The monoisotopic (exact) mass is 319 g/mol. The number of hydrogen-bond donors (Lipinski definition) is 2. The first kappa shape index (κ1) is 16.1. The van der Waals surface area contributed by atoms with Crippen LogP contribution in [0.5, 0.6) is 5.75 Å². The Bertz CT molecular complexity index is 662. The number of anilines is 1. The molecule has 116 valence electrons. The molecule has 0 aliphatic carbocycles. The van der Waals surface area contributed by atoms with Crippen LogP contribution in [-0.4, -0.2) is 24.0 Å². The number of amides is 1. The number of benzene rings is 1. The van der Waals surface area contributed by atoms with Gasteiger partial charge in [-0.05, 0) is 31.0 Å². The van der Waals surface area contributed by atoms with E-state index < -0.39 is 5.91 Å². The van der Waals surface area contributed by atoms with Crippen LogP contribution in [0.1, 0.15) is 22.8 Å². The van der Waals surface area contributed by atoms with E-state index in [1.807, 2.05) is 31.2 Å². The van der Waals surface area contributed by atoms with E-state index in [-0.39, 0.29) is 5.56 Å². The minimum atomic E-state index is -0.549. The Labute approximate surface area is 134 Å². The second kappa shape index (κ2) is 7.66. The standard InChI is InChI=1S/C16H18ClN3O2/c1-2-22-14-6-4-3-5-11(14)7-8-19-16-13(17)9-12(10-20-16)15(18)21/h3-6,9-10H,2,7-8H2,1H3,(H2,18,21)(H,19,20). The van der Waals surface area contributed by atoms with Gasteiger partial charge in [-0.3, -0.25) is 4.79 Å². The molecule has 1 aromatic carbocycles. The van der Waals surface area contributed by atoms with Crippen LogP contribution in [-0.2, 0) is 6.42 Å². The summed E-state index contributed by atoms with van der Waals surface area (Å²) in [6, 6.07) is 9.41. The van der Waals surface area contributed by atoms with E-state index in [4.69, 9.17) is 22.1 Å². The van der Waals surface area contributed by atoms with Gasteiger partial charge in [-0.1, -0.05) is 29.8 Å². The molecule has 0 aliphatic heterocycles. The van der Waals surface area contributed by atoms with Crippen molar-refractivity contribution in [1.29, 1.82) is 0 Å². The summed E-state index contributed by atoms with van der Waals surface area (Å²) in [6.45, 7) is 3.23. The van der Waals surface area contributed by atoms with Crippen LogP contribution in [0, 0.1) is 0 Å². The van der Waals surface area contributed by atoms with Gasteiger partial charge in [0.15, 0.2) is 0 Å². The highest BCUT2D eigenvalue weighted by Gasteiger charge is 2.07. The van der Waals surface area contributed by atoms with Gasteiger partial charge >= 0.3 is 0 Å². The number of carbonyl (C=O) groups excluding carboxylic acids is 1. The molecule has 5 nitrogen and oxygen atoms in total. The number of nitrogens with zero attached hydrogens (tertiary/aromatic N) is 1. The number of carbonyl (C=O) groups is 1. The van der Waals surface area contributed by atoms with Gasteiger partial charge in [0, 0.05) is 12.7 Å². The van der Waals surface area contributed by atoms with Crippen LogP contribution < -0.4 is 15.8 Å². The Hall–Kier alpha value is -2.27. The highest BCUT2D eigenvalue weighted by atomic mass is 35.5. The number of para-hydroxylation sites is 1. The Kier molecular flexibility index (Phi) is 5.61. The summed E-state index contributed by atoms with van der Waals surface area (Å²) in [5.41, 5.74) is 6.58. The molecule has 6 heteroatoms. The summed E-state index contributed by atoms with van der Waals surface area (Å²) in [7, 11) is 0. The van der Waals surface area contributed by atoms with Crippen LogP contribution in [0.15, 0.2) is 36.5 Å². The van der Waals surface area contributed by atoms with Gasteiger partial charge in [0.2, 0.25) is 5.91 Å². The van der Waals surface area contributed by atoms with Gasteiger partial charge in [0.05, 0.1) is 17.2 Å². The molecule has 1 heterocycles. The lowest BCUT2D eigenvalue weighted by Gasteiger charge is -2.11. The molecule has 0 aliphatic rings. The lowest BCUT2D eigenvalue weighted by molar-refractivity contribution is 0.1000. The number of nitrogens with one attached hydrogen (secondary N) is 1. The van der Waals surface area contributed by atoms with Gasteiger partial charge < -0.3 is 15.8 Å². The van der Waals surface area contributed by atoms with E-state index in [2.05, 4.69) is 10.3 Å². The molecule has 22 heavy (non-hydrogen) atoms. The minimum Gasteiger partial charge on any atom is -0.494 e. The molecule has 0 unspecified atom stereocenters. The molecule has 1 aromatic heterocycles. The van der Waals surface area contributed by atoms with E-state index in [9.17, 15) is 4.79 Å². The average Bonchev–Trinajstić information content (AvgIpc) is 2.50. The quantitative estimate of drug-likeness (QED) is 0.822. The average molecular weight is 320 g/mol. The van der Waals surface area contributed by atoms with Crippen LogP contribution in [0.2, 0.25) is 5.02 Å². The highest BCUT2D eigenvalue weighted by molar-refractivity contribution is 6.33. The van der Waals surface area contributed by atoms with E-state index in [1.54, 1.807) is 0 Å². The number of primary amides is 1. The van der Waals surface area contributed by atoms with Gasteiger partial charge in [0.25, 0.3) is 0 Å². The third-order valence-corrected chi connectivity index (χ3v) is 3.37. The maximum absolute atomic E-state index is 11.1. The zero-order chi connectivity index (χ0) is 15.9. The second-order valence-electron chi connectivity index (χ2n) is 4.64. The van der Waals surface area contributed by atoms with Crippen molar-refractivity contribution in [3.8, 4) is 5.75 Å². The predicted molar refractivity (Wildman–Crippen MR) is 87.6 cm³/mol. The second-order valence-corrected chi connectivity index (χ2v) is 5.04. The number of nitrogens with two attached hydrogens (primary N) is 1. The fourth-order valence-electron chi connectivity index (χ4n) is 2.02. The third kappa shape index (κ3) is 4.11. The number of pyridine rings is 1. The van der Waals surface area contributed by atoms with Crippen molar-refractivity contribution in [3.05, 3.63) is 52.7 Å². The Morgan fingerprint density at radius 2 is 2.18 bits per heavy atom. The normalized spacial score (nSPS) is 10.3. The van der Waals surface area contributed by atoms with Gasteiger partial charge in [-0.25, -0.2) is 4.98 Å². The lowest BCUT2D eigenvalue weighted by Crippen LogP contribution is -2.13. The fraction of sp³-hybridized carbons (Fsp3) is 0.250. The largest absolute Gasteiger partial charge is 0.494 e. The topological polar surface area (TPSA) is 77.2 Å². The van der Waals surface area contributed by atoms with Crippen molar-refractivity contribution in [1.82, 2.24) is 4.98 Å². The summed E-state index contributed by atoms with van der Waals surface area (Å²) >= 11 is 6.08. The highest BCUT2D eigenvalue weighted by Crippen LogP contribution is 2.21. The first-order chi connectivity index (χ1) is 10.6. The molecule has 2 rings (SSSR count). The van der Waals surface area contributed by atoms with Gasteiger partial charge in [-0.15, -0.1) is 0 Å². The zero-order valence-corrected chi connectivity index (χ0v) is 13.1. The first-order valence-electron chi connectivity index (χ1n) is 7.01. The molecule has 0 spiro atoms. The molecule has 0 saturated carbocycles. The van der Waals surface area contributed by atoms with E-state index >= 15 is 0 Å². The van der Waals surface area contributed by atoms with Crippen LogP contribution in [0.4, 0.5) is 5.82 Å². The smallest absolute Gasteiger partial charge is 0.250 e. The summed E-state index contributed by atoms with van der Waals surface area (Å²) in [5, 5.41) is 3.52. The van der Waals surface area contributed by atoms with Crippen molar-refractivity contribution in [2.75, 3.05) is 18.5 Å². The van der Waals surface area contributed by atoms with Crippen molar-refractivity contribution in [2.45, 2.75) is 13.3 Å². The summed E-state index contributed by atoms with van der Waals surface area (Å²) in [4.78, 5) is 15.2. The van der Waals surface area contributed by atoms with Crippen LogP contribution in [0.25, 0.3) is 0 Å². The number of hydrogen-bond acceptors (Lipinski definition) is 4. The minimum absolute atomic E-state index is 0.289. The summed E-state index contributed by atoms with van der Waals surface area (Å²) in [5.74, 6) is 0.863.